The molecule has 1 heterocycles. The first-order valence-electron chi connectivity index (χ1n) is 12.6. The lowest BCUT2D eigenvalue weighted by Gasteiger charge is -2.40. The maximum atomic E-state index is 12.4. The van der Waals surface area contributed by atoms with E-state index in [0.717, 1.165) is 24.3 Å². The minimum Gasteiger partial charge on any atom is -0.456 e. The predicted octanol–water partition coefficient (Wildman–Crippen LogP) is 3.97. The number of terminal acetylenes is 1. The summed E-state index contributed by atoms with van der Waals surface area (Å²) in [4.78, 5) is 37.0. The van der Waals surface area contributed by atoms with Crippen molar-refractivity contribution in [2.45, 2.75) is 96.7 Å². The Labute approximate surface area is 212 Å². The largest absolute Gasteiger partial charge is 0.456 e. The van der Waals surface area contributed by atoms with Gasteiger partial charge in [0.25, 0.3) is 0 Å². The molecule has 35 heavy (non-hydrogen) atoms. The zero-order chi connectivity index (χ0) is 26.3. The van der Waals surface area contributed by atoms with Gasteiger partial charge in [0.2, 0.25) is 0 Å². The van der Waals surface area contributed by atoms with Crippen LogP contribution in [0.5, 0.6) is 0 Å². The highest BCUT2D eigenvalue weighted by molar-refractivity contribution is 8.32. The monoisotopic (exact) mass is 516 g/mol. The average molecular weight is 517 g/mol. The number of unbranched alkanes of at least 4 members (excludes halogenated alkanes) is 1. The molecule has 0 aromatic heterocycles. The molecule has 0 spiro atoms. The molecule has 4 atom stereocenters. The van der Waals surface area contributed by atoms with Gasteiger partial charge in [-0.3, -0.25) is 14.4 Å². The molecule has 0 N–H and O–H groups in total. The van der Waals surface area contributed by atoms with Crippen molar-refractivity contribution in [3.8, 4) is 12.3 Å². The van der Waals surface area contributed by atoms with Gasteiger partial charge in [0.05, 0.1) is 6.61 Å². The van der Waals surface area contributed by atoms with Crippen LogP contribution in [-0.4, -0.2) is 79.7 Å². The summed E-state index contributed by atoms with van der Waals surface area (Å²) in [6, 6.07) is 0. The van der Waals surface area contributed by atoms with Gasteiger partial charge in [0, 0.05) is 31.6 Å². The first-order valence-corrected chi connectivity index (χ1v) is 15.4. The number of carbonyl (C=O) groups is 3. The normalized spacial score (nSPS) is 22.6. The van der Waals surface area contributed by atoms with E-state index in [0.29, 0.717) is 25.9 Å². The van der Waals surface area contributed by atoms with Gasteiger partial charge in [-0.1, -0.05) is 26.7 Å². The van der Waals surface area contributed by atoms with Crippen LogP contribution in [0.15, 0.2) is 0 Å². The van der Waals surface area contributed by atoms with E-state index < -0.39 is 52.5 Å². The van der Waals surface area contributed by atoms with E-state index in [1.807, 2.05) is 20.8 Å². The molecule has 1 aliphatic rings. The fourth-order valence-electron chi connectivity index (χ4n) is 3.61. The van der Waals surface area contributed by atoms with Gasteiger partial charge in [-0.2, -0.15) is 0 Å². The smallest absolute Gasteiger partial charge is 0.306 e. The molecule has 202 valence electrons. The molecule has 0 bridgehead atoms. The number of esters is 3. The Balaban J connectivity index is 2.94. The summed E-state index contributed by atoms with van der Waals surface area (Å²) in [6.45, 7) is 5.96. The van der Waals surface area contributed by atoms with E-state index in [4.69, 9.17) is 30.1 Å². The molecule has 1 saturated heterocycles. The number of hydrogen-bond donors (Lipinski definition) is 0. The highest BCUT2D eigenvalue weighted by Crippen LogP contribution is 2.39. The van der Waals surface area contributed by atoms with Gasteiger partial charge in [-0.15, -0.1) is 6.42 Å². The Morgan fingerprint density at radius 2 is 1.43 bits per heavy atom. The van der Waals surface area contributed by atoms with Crippen molar-refractivity contribution in [3.05, 3.63) is 0 Å². The Morgan fingerprint density at radius 3 is 1.97 bits per heavy atom. The third kappa shape index (κ3) is 12.2. The second kappa shape index (κ2) is 16.8. The van der Waals surface area contributed by atoms with Crippen LogP contribution in [0.25, 0.3) is 0 Å². The molecular formula is C26H44O8S. The zero-order valence-electron chi connectivity index (χ0n) is 22.0. The highest BCUT2D eigenvalue weighted by atomic mass is 32.3. The van der Waals surface area contributed by atoms with Crippen LogP contribution in [-0.2, 0) is 38.1 Å². The van der Waals surface area contributed by atoms with Crippen LogP contribution >= 0.6 is 10.0 Å². The number of hydrogen-bond acceptors (Lipinski definition) is 8. The average Bonchev–Trinajstić information content (AvgIpc) is 2.77. The quantitative estimate of drug-likeness (QED) is 0.132. The summed E-state index contributed by atoms with van der Waals surface area (Å²) >= 11 is 0. The molecule has 0 amide bonds. The van der Waals surface area contributed by atoms with Crippen molar-refractivity contribution in [2.75, 3.05) is 37.2 Å². The maximum absolute atomic E-state index is 12.4. The van der Waals surface area contributed by atoms with Gasteiger partial charge in [0.1, 0.15) is 0 Å². The first kappa shape index (κ1) is 31.3. The van der Waals surface area contributed by atoms with Crippen LogP contribution in [0.3, 0.4) is 0 Å². The van der Waals surface area contributed by atoms with E-state index in [1.54, 1.807) is 0 Å². The lowest BCUT2D eigenvalue weighted by molar-refractivity contribution is -0.282. The molecular weight excluding hydrogens is 472 g/mol. The fraction of sp³-hybridized carbons (Fsp3) is 0.808. The van der Waals surface area contributed by atoms with Gasteiger partial charge in [0.15, 0.2) is 24.6 Å². The van der Waals surface area contributed by atoms with Crippen molar-refractivity contribution >= 4 is 27.9 Å². The Bertz CT molecular complexity index is 702. The molecule has 1 aliphatic heterocycles. The van der Waals surface area contributed by atoms with Crippen LogP contribution < -0.4 is 0 Å². The molecule has 0 unspecified atom stereocenters. The van der Waals surface area contributed by atoms with E-state index in [9.17, 15) is 14.4 Å². The molecule has 1 rings (SSSR count). The topological polar surface area (TPSA) is 97.4 Å². The van der Waals surface area contributed by atoms with Gasteiger partial charge in [-0.05, 0) is 50.4 Å². The summed E-state index contributed by atoms with van der Waals surface area (Å²) in [5.74, 6) is 3.25. The minimum absolute atomic E-state index is 0.0225. The molecule has 0 aromatic carbocycles. The number of ether oxygens (including phenoxy) is 5. The van der Waals surface area contributed by atoms with Crippen molar-refractivity contribution in [1.82, 2.24) is 0 Å². The molecule has 8 nitrogen and oxygen atoms in total. The minimum atomic E-state index is -1.04. The van der Waals surface area contributed by atoms with Crippen LogP contribution in [0.4, 0.5) is 0 Å². The van der Waals surface area contributed by atoms with Crippen molar-refractivity contribution in [1.29, 1.82) is 0 Å². The Kier molecular flexibility index (Phi) is 15.0. The standard InChI is InChI=1S/C26H44O8S/c1-7-13-21(27)32-20-19-31-26(30-16-11-12-18-35(5,6)17-10-4)25(34-23(29)15-9-3)24(20)33-22(28)14-8-2/h4,20,24-26H,7-9,11-19H2,1-3,5-6H3/t20-,24-,25+,26+/m0/s1. The number of carbonyl (C=O) groups excluding carboxylic acids is 3. The summed E-state index contributed by atoms with van der Waals surface area (Å²) in [6.07, 6.45) is 10.2. The summed E-state index contributed by atoms with van der Waals surface area (Å²) in [7, 11) is -0.820. The predicted molar refractivity (Wildman–Crippen MR) is 137 cm³/mol. The van der Waals surface area contributed by atoms with Crippen molar-refractivity contribution in [2.24, 2.45) is 0 Å². The Morgan fingerprint density at radius 1 is 0.886 bits per heavy atom. The third-order valence-corrected chi connectivity index (χ3v) is 7.75. The first-order chi connectivity index (χ1) is 16.7. The van der Waals surface area contributed by atoms with Crippen LogP contribution in [0, 0.1) is 12.3 Å². The molecule has 1 fully saturated rings. The molecule has 0 saturated carbocycles. The van der Waals surface area contributed by atoms with Crippen molar-refractivity contribution < 1.29 is 38.1 Å². The lowest BCUT2D eigenvalue weighted by Crippen LogP contribution is -2.58. The van der Waals surface area contributed by atoms with Gasteiger partial charge >= 0.3 is 17.9 Å². The zero-order valence-corrected chi connectivity index (χ0v) is 22.9. The highest BCUT2D eigenvalue weighted by Gasteiger charge is 2.48. The third-order valence-electron chi connectivity index (χ3n) is 5.41. The van der Waals surface area contributed by atoms with Crippen molar-refractivity contribution in [3.63, 3.8) is 0 Å². The van der Waals surface area contributed by atoms with Gasteiger partial charge < -0.3 is 23.7 Å². The van der Waals surface area contributed by atoms with E-state index in [-0.39, 0.29) is 25.9 Å². The molecule has 0 radical (unpaired) electrons. The van der Waals surface area contributed by atoms with E-state index in [2.05, 4.69) is 18.4 Å². The van der Waals surface area contributed by atoms with Gasteiger partial charge in [-0.25, -0.2) is 10.0 Å². The number of rotatable bonds is 16. The fourth-order valence-corrected chi connectivity index (χ4v) is 5.19. The summed E-state index contributed by atoms with van der Waals surface area (Å²) < 4.78 is 28.7. The molecule has 9 heteroatoms. The van der Waals surface area contributed by atoms with Crippen LogP contribution in [0.1, 0.15) is 72.1 Å². The lowest BCUT2D eigenvalue weighted by atomic mass is 10.0. The Hall–Kier alpha value is -1.76. The SMILES string of the molecule is C#CCS(C)(C)CCCCO[C@@H]1OC[C@H](OC(=O)CCC)[C@H](OC(=O)CCC)[C@H]1OC(=O)CCC. The summed E-state index contributed by atoms with van der Waals surface area (Å²) in [5.41, 5.74) is 0. The summed E-state index contributed by atoms with van der Waals surface area (Å²) in [5, 5.41) is 0. The maximum Gasteiger partial charge on any atom is 0.306 e. The van der Waals surface area contributed by atoms with E-state index >= 15 is 0 Å². The second-order valence-electron chi connectivity index (χ2n) is 9.29. The van der Waals surface area contributed by atoms with E-state index in [1.165, 1.54) is 0 Å². The molecule has 0 aromatic rings. The van der Waals surface area contributed by atoms with Crippen LogP contribution in [0.2, 0.25) is 0 Å². The molecule has 0 aliphatic carbocycles. The second-order valence-corrected chi connectivity index (χ2v) is 13.5.